The number of carbonyl (C=O) groups is 1. The molecule has 0 saturated heterocycles. The van der Waals surface area contributed by atoms with Crippen molar-refractivity contribution in [1.29, 1.82) is 0 Å². The molecule has 26 heavy (non-hydrogen) atoms. The zero-order valence-electron chi connectivity index (χ0n) is 14.8. The molecule has 1 heterocycles. The Morgan fingerprint density at radius 1 is 0.885 bits per heavy atom. The molecule has 0 aliphatic rings. The van der Waals surface area contributed by atoms with Gasteiger partial charge in [0.15, 0.2) is 0 Å². The largest absolute Gasteiger partial charge is 0.378 e. The molecule has 1 N–H and O–H groups in total. The van der Waals surface area contributed by atoms with Gasteiger partial charge in [-0.05, 0) is 36.4 Å². The second-order valence-corrected chi connectivity index (χ2v) is 5.95. The number of hydrazone groups is 1. The van der Waals surface area contributed by atoms with Crippen LogP contribution < -0.4 is 10.3 Å². The van der Waals surface area contributed by atoms with Crippen LogP contribution in [-0.4, -0.2) is 30.7 Å². The Bertz CT molecular complexity index is 847. The summed E-state index contributed by atoms with van der Waals surface area (Å²) in [6, 6.07) is 20.8. The first-order chi connectivity index (χ1) is 12.6. The van der Waals surface area contributed by atoms with E-state index in [-0.39, 0.29) is 5.91 Å². The highest BCUT2D eigenvalue weighted by molar-refractivity contribution is 6.13. The van der Waals surface area contributed by atoms with E-state index in [1.54, 1.807) is 24.5 Å². The zero-order valence-corrected chi connectivity index (χ0v) is 14.8. The van der Waals surface area contributed by atoms with E-state index < -0.39 is 0 Å². The maximum atomic E-state index is 12.4. The summed E-state index contributed by atoms with van der Waals surface area (Å²) >= 11 is 0. The van der Waals surface area contributed by atoms with Crippen LogP contribution in [0.1, 0.15) is 21.5 Å². The van der Waals surface area contributed by atoms with Crippen molar-refractivity contribution in [3.8, 4) is 0 Å². The van der Waals surface area contributed by atoms with Gasteiger partial charge in [-0.1, -0.05) is 30.3 Å². The highest BCUT2D eigenvalue weighted by Crippen LogP contribution is 2.13. The van der Waals surface area contributed by atoms with Gasteiger partial charge >= 0.3 is 0 Å². The minimum absolute atomic E-state index is 0.257. The summed E-state index contributed by atoms with van der Waals surface area (Å²) in [7, 11) is 3.92. The van der Waals surface area contributed by atoms with Gasteiger partial charge in [-0.2, -0.15) is 5.10 Å². The minimum atomic E-state index is -0.257. The fourth-order valence-corrected chi connectivity index (χ4v) is 2.48. The number of nitrogens with one attached hydrogen (secondary N) is 1. The Labute approximate surface area is 153 Å². The number of anilines is 1. The third-order valence-electron chi connectivity index (χ3n) is 3.90. The van der Waals surface area contributed by atoms with Crippen LogP contribution in [-0.2, 0) is 0 Å². The molecule has 5 nitrogen and oxygen atoms in total. The molecular formula is C21H20N4O. The Morgan fingerprint density at radius 2 is 1.58 bits per heavy atom. The predicted octanol–water partition coefficient (Wildman–Crippen LogP) is 3.33. The van der Waals surface area contributed by atoms with Crippen LogP contribution in [0.4, 0.5) is 5.69 Å². The molecule has 3 rings (SSSR count). The molecule has 0 spiro atoms. The number of nitrogens with zero attached hydrogens (tertiary/aromatic N) is 3. The first-order valence-corrected chi connectivity index (χ1v) is 8.26. The number of pyridine rings is 1. The van der Waals surface area contributed by atoms with Crippen molar-refractivity contribution >= 4 is 17.3 Å². The van der Waals surface area contributed by atoms with Crippen molar-refractivity contribution in [3.63, 3.8) is 0 Å². The molecule has 2 aromatic carbocycles. The van der Waals surface area contributed by atoms with Crippen molar-refractivity contribution in [1.82, 2.24) is 10.4 Å². The van der Waals surface area contributed by atoms with Crippen molar-refractivity contribution in [2.24, 2.45) is 5.10 Å². The first-order valence-electron chi connectivity index (χ1n) is 8.26. The standard InChI is InChI=1S/C21H20N4O/c1-25(2)19-12-10-17(11-13-19)21(26)24-23-20(16-7-4-3-5-8-16)18-9-6-14-22-15-18/h3-15H,1-2H3,(H,24,26). The maximum Gasteiger partial charge on any atom is 0.271 e. The van der Waals surface area contributed by atoms with Gasteiger partial charge in [0.05, 0.1) is 5.71 Å². The van der Waals surface area contributed by atoms with Crippen LogP contribution in [0, 0.1) is 0 Å². The number of hydrogen-bond acceptors (Lipinski definition) is 4. The molecule has 3 aromatic rings. The van der Waals surface area contributed by atoms with Crippen LogP contribution in [0.15, 0.2) is 84.2 Å². The SMILES string of the molecule is CN(C)c1ccc(C(=O)NN=C(c2ccccc2)c2cccnc2)cc1. The van der Waals surface area contributed by atoms with Crippen molar-refractivity contribution in [2.75, 3.05) is 19.0 Å². The van der Waals surface area contributed by atoms with E-state index >= 15 is 0 Å². The summed E-state index contributed by atoms with van der Waals surface area (Å²) in [5.74, 6) is -0.257. The third kappa shape index (κ3) is 4.13. The summed E-state index contributed by atoms with van der Waals surface area (Å²) in [4.78, 5) is 18.6. The van der Waals surface area contributed by atoms with Gasteiger partial charge in [-0.3, -0.25) is 9.78 Å². The fourth-order valence-electron chi connectivity index (χ4n) is 2.48. The van der Waals surface area contributed by atoms with E-state index in [0.717, 1.165) is 16.8 Å². The average molecular weight is 344 g/mol. The van der Waals surface area contributed by atoms with Crippen LogP contribution in [0.25, 0.3) is 0 Å². The van der Waals surface area contributed by atoms with Gasteiger partial charge < -0.3 is 4.90 Å². The van der Waals surface area contributed by atoms with Crippen molar-refractivity contribution in [2.45, 2.75) is 0 Å². The lowest BCUT2D eigenvalue weighted by Gasteiger charge is -2.12. The summed E-state index contributed by atoms with van der Waals surface area (Å²) in [6.45, 7) is 0. The molecule has 0 atom stereocenters. The molecule has 5 heteroatoms. The lowest BCUT2D eigenvalue weighted by molar-refractivity contribution is 0.0955. The summed E-state index contributed by atoms with van der Waals surface area (Å²) in [5.41, 5.74) is 6.64. The molecule has 0 radical (unpaired) electrons. The van der Waals surface area contributed by atoms with E-state index in [0.29, 0.717) is 11.3 Å². The number of hydrogen-bond donors (Lipinski definition) is 1. The van der Waals surface area contributed by atoms with Gasteiger partial charge in [0.2, 0.25) is 0 Å². The molecule has 0 aliphatic heterocycles. The molecular weight excluding hydrogens is 324 g/mol. The summed E-state index contributed by atoms with van der Waals surface area (Å²) < 4.78 is 0. The predicted molar refractivity (Wildman–Crippen MR) is 105 cm³/mol. The quantitative estimate of drug-likeness (QED) is 0.570. The van der Waals surface area contributed by atoms with E-state index in [9.17, 15) is 4.79 Å². The normalized spacial score (nSPS) is 11.1. The van der Waals surface area contributed by atoms with Crippen LogP contribution in [0.5, 0.6) is 0 Å². The molecule has 0 bridgehead atoms. The lowest BCUT2D eigenvalue weighted by atomic mass is 10.0. The van der Waals surface area contributed by atoms with Crippen molar-refractivity contribution < 1.29 is 4.79 Å². The van der Waals surface area contributed by atoms with Crippen molar-refractivity contribution in [3.05, 3.63) is 95.8 Å². The van der Waals surface area contributed by atoms with Crippen LogP contribution >= 0.6 is 0 Å². The lowest BCUT2D eigenvalue weighted by Crippen LogP contribution is -2.21. The molecule has 0 unspecified atom stereocenters. The minimum Gasteiger partial charge on any atom is -0.378 e. The second kappa shape index (κ2) is 8.07. The Morgan fingerprint density at radius 3 is 2.19 bits per heavy atom. The highest BCUT2D eigenvalue weighted by Gasteiger charge is 2.09. The number of amides is 1. The average Bonchev–Trinajstić information content (AvgIpc) is 2.69. The Balaban J connectivity index is 1.85. The van der Waals surface area contributed by atoms with E-state index in [1.807, 2.05) is 73.6 Å². The van der Waals surface area contributed by atoms with Gasteiger partial charge in [0, 0.05) is 48.9 Å². The zero-order chi connectivity index (χ0) is 18.4. The molecule has 0 fully saturated rings. The van der Waals surface area contributed by atoms with Crippen LogP contribution in [0.2, 0.25) is 0 Å². The molecule has 0 aliphatic carbocycles. The molecule has 1 amide bonds. The number of rotatable bonds is 5. The number of benzene rings is 2. The first kappa shape index (κ1) is 17.4. The third-order valence-corrected chi connectivity index (χ3v) is 3.90. The van der Waals surface area contributed by atoms with Gasteiger partial charge in [0.1, 0.15) is 0 Å². The Hall–Kier alpha value is -3.47. The topological polar surface area (TPSA) is 57.6 Å². The monoisotopic (exact) mass is 344 g/mol. The van der Waals surface area contributed by atoms with Gasteiger partial charge in [-0.25, -0.2) is 5.43 Å². The van der Waals surface area contributed by atoms with Gasteiger partial charge in [-0.15, -0.1) is 0 Å². The molecule has 1 aromatic heterocycles. The van der Waals surface area contributed by atoms with Gasteiger partial charge in [0.25, 0.3) is 5.91 Å². The highest BCUT2D eigenvalue weighted by atomic mass is 16.2. The summed E-state index contributed by atoms with van der Waals surface area (Å²) in [5, 5.41) is 4.36. The maximum absolute atomic E-state index is 12.4. The smallest absolute Gasteiger partial charge is 0.271 e. The summed E-state index contributed by atoms with van der Waals surface area (Å²) in [6.07, 6.45) is 3.43. The molecule has 130 valence electrons. The van der Waals surface area contributed by atoms with E-state index in [1.165, 1.54) is 0 Å². The Kier molecular flexibility index (Phi) is 5.39. The van der Waals surface area contributed by atoms with E-state index in [4.69, 9.17) is 0 Å². The molecule has 0 saturated carbocycles. The number of carbonyl (C=O) groups excluding carboxylic acids is 1. The van der Waals surface area contributed by atoms with E-state index in [2.05, 4.69) is 15.5 Å². The fraction of sp³-hybridized carbons (Fsp3) is 0.0952. The number of aromatic nitrogens is 1. The van der Waals surface area contributed by atoms with Crippen LogP contribution in [0.3, 0.4) is 0 Å². The second-order valence-electron chi connectivity index (χ2n) is 5.95.